The van der Waals surface area contributed by atoms with Gasteiger partial charge in [0.25, 0.3) is 0 Å². The van der Waals surface area contributed by atoms with Crippen molar-refractivity contribution < 1.29 is 9.53 Å². The van der Waals surface area contributed by atoms with Crippen molar-refractivity contribution in [2.24, 2.45) is 0 Å². The fourth-order valence-corrected chi connectivity index (χ4v) is 1.88. The van der Waals surface area contributed by atoms with E-state index in [9.17, 15) is 4.79 Å². The molecule has 0 unspecified atom stereocenters. The van der Waals surface area contributed by atoms with E-state index in [1.807, 2.05) is 0 Å². The largest absolute Gasteiger partial charge is 0.466 e. The zero-order valence-corrected chi connectivity index (χ0v) is 10.2. The maximum absolute atomic E-state index is 10.7. The van der Waals surface area contributed by atoms with Gasteiger partial charge in [0.05, 0.1) is 6.61 Å². The van der Waals surface area contributed by atoms with Gasteiger partial charge < -0.3 is 4.74 Å². The van der Waals surface area contributed by atoms with E-state index in [4.69, 9.17) is 4.74 Å². The number of ether oxygens (including phenoxy) is 1. The zero-order valence-electron chi connectivity index (χ0n) is 10.2. The van der Waals surface area contributed by atoms with Gasteiger partial charge in [0.2, 0.25) is 0 Å². The van der Waals surface area contributed by atoms with Gasteiger partial charge in [-0.1, -0.05) is 42.0 Å². The topological polar surface area (TPSA) is 26.3 Å². The lowest BCUT2D eigenvalue weighted by Crippen LogP contribution is -2.03. The molecule has 0 radical (unpaired) electrons. The van der Waals surface area contributed by atoms with Crippen LogP contribution in [0.5, 0.6) is 0 Å². The lowest BCUT2D eigenvalue weighted by molar-refractivity contribution is -0.140. The number of benzene rings is 2. The molecule has 17 heavy (non-hydrogen) atoms. The highest BCUT2D eigenvalue weighted by atomic mass is 16.5. The van der Waals surface area contributed by atoms with Crippen molar-refractivity contribution in [3.05, 3.63) is 47.5 Å². The van der Waals surface area contributed by atoms with Crippen LogP contribution in [-0.4, -0.2) is 12.6 Å². The summed E-state index contributed by atoms with van der Waals surface area (Å²) in [6.07, 6.45) is 0.767. The van der Waals surface area contributed by atoms with Gasteiger partial charge in [0.15, 0.2) is 0 Å². The summed E-state index contributed by atoms with van der Waals surface area (Å²) in [5, 5.41) is 2.48. The minimum Gasteiger partial charge on any atom is -0.466 e. The van der Waals surface area contributed by atoms with Gasteiger partial charge in [-0.3, -0.25) is 4.79 Å². The van der Waals surface area contributed by atoms with Crippen LogP contribution in [0.25, 0.3) is 10.8 Å². The van der Waals surface area contributed by atoms with E-state index in [0.29, 0.717) is 6.61 Å². The van der Waals surface area contributed by atoms with Crippen LogP contribution in [0.4, 0.5) is 0 Å². The average Bonchev–Trinajstić information content (AvgIpc) is 2.29. The molecule has 88 valence electrons. The van der Waals surface area contributed by atoms with E-state index in [0.717, 1.165) is 6.42 Å². The van der Waals surface area contributed by atoms with E-state index in [2.05, 4.69) is 43.3 Å². The molecule has 2 aromatic rings. The number of carbonyl (C=O) groups is 1. The predicted molar refractivity (Wildman–Crippen MR) is 69.0 cm³/mol. The first-order valence-corrected chi connectivity index (χ1v) is 5.78. The summed E-state index contributed by atoms with van der Waals surface area (Å²) in [5.41, 5.74) is 2.47. The van der Waals surface area contributed by atoms with Crippen LogP contribution >= 0.6 is 0 Å². The average molecular weight is 228 g/mol. The predicted octanol–water partition coefficient (Wildman–Crippen LogP) is 3.25. The summed E-state index contributed by atoms with van der Waals surface area (Å²) < 4.78 is 4.94. The number of carbonyl (C=O) groups excluding carboxylic acids is 1. The number of fused-ring (bicyclic) bond motifs is 1. The Hall–Kier alpha value is -1.83. The Bertz CT molecular complexity index is 544. The molecule has 0 aliphatic carbocycles. The minimum atomic E-state index is -0.221. The van der Waals surface area contributed by atoms with Crippen LogP contribution in [0.2, 0.25) is 0 Å². The molecular weight excluding hydrogens is 212 g/mol. The third-order valence-corrected chi connectivity index (χ3v) is 2.76. The third-order valence-electron chi connectivity index (χ3n) is 2.76. The van der Waals surface area contributed by atoms with Gasteiger partial charge in [-0.25, -0.2) is 0 Å². The van der Waals surface area contributed by atoms with Crippen molar-refractivity contribution in [3.63, 3.8) is 0 Å². The summed E-state index contributed by atoms with van der Waals surface area (Å²) in [6, 6.07) is 12.8. The van der Waals surface area contributed by atoms with E-state index >= 15 is 0 Å². The molecule has 2 aromatic carbocycles. The summed E-state index contributed by atoms with van der Waals surface area (Å²) >= 11 is 0. The van der Waals surface area contributed by atoms with Crippen molar-refractivity contribution in [2.75, 3.05) is 6.61 Å². The van der Waals surface area contributed by atoms with E-state index in [-0.39, 0.29) is 5.97 Å². The molecule has 0 amide bonds. The standard InChI is InChI=1S/C15H16O2/c1-11-3-5-15-10-13(4-6-14(15)9-11)7-8-17-12(2)16/h3-6,9-10H,7-8H2,1-2H3. The molecule has 0 aliphatic heterocycles. The van der Waals surface area contributed by atoms with Crippen molar-refractivity contribution in [3.8, 4) is 0 Å². The highest BCUT2D eigenvalue weighted by Crippen LogP contribution is 2.18. The van der Waals surface area contributed by atoms with Gasteiger partial charge in [0, 0.05) is 13.3 Å². The second kappa shape index (κ2) is 5.00. The Morgan fingerprint density at radius 1 is 1.12 bits per heavy atom. The molecule has 0 N–H and O–H groups in total. The Balaban J connectivity index is 2.14. The SMILES string of the molecule is CC(=O)OCCc1ccc2cc(C)ccc2c1. The molecule has 0 saturated heterocycles. The second-order valence-corrected chi connectivity index (χ2v) is 4.28. The third kappa shape index (κ3) is 3.06. The molecule has 2 heteroatoms. The monoisotopic (exact) mass is 228 g/mol. The molecule has 0 saturated carbocycles. The van der Waals surface area contributed by atoms with E-state index in [1.54, 1.807) is 0 Å². The van der Waals surface area contributed by atoms with Crippen LogP contribution in [0.3, 0.4) is 0 Å². The molecule has 0 heterocycles. The molecule has 0 aliphatic rings. The first kappa shape index (κ1) is 11.6. The van der Waals surface area contributed by atoms with Gasteiger partial charge in [0.1, 0.15) is 0 Å². The Morgan fingerprint density at radius 2 is 1.82 bits per heavy atom. The van der Waals surface area contributed by atoms with Crippen molar-refractivity contribution in [1.82, 2.24) is 0 Å². The Labute approximate surface area is 101 Å². The van der Waals surface area contributed by atoms with Crippen molar-refractivity contribution in [2.45, 2.75) is 20.3 Å². The number of rotatable bonds is 3. The molecule has 2 rings (SSSR count). The normalized spacial score (nSPS) is 10.5. The lowest BCUT2D eigenvalue weighted by atomic mass is 10.0. The smallest absolute Gasteiger partial charge is 0.302 e. The maximum Gasteiger partial charge on any atom is 0.302 e. The second-order valence-electron chi connectivity index (χ2n) is 4.28. The Morgan fingerprint density at radius 3 is 2.59 bits per heavy atom. The molecule has 0 fully saturated rings. The molecule has 0 aromatic heterocycles. The summed E-state index contributed by atoms with van der Waals surface area (Å²) in [5.74, 6) is -0.221. The van der Waals surface area contributed by atoms with Crippen molar-refractivity contribution >= 4 is 16.7 Å². The zero-order chi connectivity index (χ0) is 12.3. The van der Waals surface area contributed by atoms with Gasteiger partial charge in [-0.15, -0.1) is 0 Å². The maximum atomic E-state index is 10.7. The van der Waals surface area contributed by atoms with Gasteiger partial charge in [-0.2, -0.15) is 0 Å². The van der Waals surface area contributed by atoms with Crippen LogP contribution in [0.15, 0.2) is 36.4 Å². The quantitative estimate of drug-likeness (QED) is 0.754. The van der Waals surface area contributed by atoms with Crippen LogP contribution < -0.4 is 0 Å². The number of hydrogen-bond donors (Lipinski definition) is 0. The lowest BCUT2D eigenvalue weighted by Gasteiger charge is -2.05. The van der Waals surface area contributed by atoms with Crippen LogP contribution in [0.1, 0.15) is 18.1 Å². The minimum absolute atomic E-state index is 0.221. The van der Waals surface area contributed by atoms with Crippen molar-refractivity contribution in [1.29, 1.82) is 0 Å². The number of hydrogen-bond acceptors (Lipinski definition) is 2. The Kier molecular flexibility index (Phi) is 3.43. The molecule has 0 bridgehead atoms. The van der Waals surface area contributed by atoms with E-state index < -0.39 is 0 Å². The number of esters is 1. The fourth-order valence-electron chi connectivity index (χ4n) is 1.88. The first-order chi connectivity index (χ1) is 8.15. The van der Waals surface area contributed by atoms with E-state index in [1.165, 1.54) is 28.8 Å². The van der Waals surface area contributed by atoms with Crippen LogP contribution in [0, 0.1) is 6.92 Å². The highest BCUT2D eigenvalue weighted by molar-refractivity contribution is 5.83. The molecule has 0 spiro atoms. The molecular formula is C15H16O2. The summed E-state index contributed by atoms with van der Waals surface area (Å²) in [4.78, 5) is 10.7. The number of aryl methyl sites for hydroxylation is 1. The highest BCUT2D eigenvalue weighted by Gasteiger charge is 1.99. The van der Waals surface area contributed by atoms with Crippen LogP contribution in [-0.2, 0) is 16.0 Å². The van der Waals surface area contributed by atoms with Gasteiger partial charge in [-0.05, 0) is 23.3 Å². The fraction of sp³-hybridized carbons (Fsp3) is 0.267. The first-order valence-electron chi connectivity index (χ1n) is 5.78. The summed E-state index contributed by atoms with van der Waals surface area (Å²) in [7, 11) is 0. The van der Waals surface area contributed by atoms with Gasteiger partial charge >= 0.3 is 5.97 Å². The molecule has 2 nitrogen and oxygen atoms in total. The molecule has 0 atom stereocenters. The summed E-state index contributed by atoms with van der Waals surface area (Å²) in [6.45, 7) is 3.98.